The number of aryl methyl sites for hydroxylation is 1. The van der Waals surface area contributed by atoms with Crippen LogP contribution >= 0.6 is 0 Å². The molecular weight excluding hydrogens is 805 g/mol. The average molecular weight is 859 g/mol. The van der Waals surface area contributed by atoms with Crippen molar-refractivity contribution >= 4 is 22.9 Å². The second-order valence-electron chi connectivity index (χ2n) is 18.1. The van der Waals surface area contributed by atoms with Crippen LogP contribution in [0.5, 0.6) is 5.75 Å². The molecule has 0 radical (unpaired) electrons. The van der Waals surface area contributed by atoms with Crippen molar-refractivity contribution in [3.05, 3.63) is 169 Å². The van der Waals surface area contributed by atoms with Gasteiger partial charge >= 0.3 is 17.6 Å². The van der Waals surface area contributed by atoms with Gasteiger partial charge in [-0.2, -0.15) is 0 Å². The van der Waals surface area contributed by atoms with E-state index in [1.807, 2.05) is 26.8 Å². The molecule has 6 atom stereocenters. The van der Waals surface area contributed by atoms with Crippen LogP contribution < -0.4 is 10.4 Å². The zero-order chi connectivity index (χ0) is 44.5. The summed E-state index contributed by atoms with van der Waals surface area (Å²) in [5.74, 6) is 5.85. The quantitative estimate of drug-likeness (QED) is 0.0561. The normalized spacial score (nSPS) is 24.0. The fourth-order valence-corrected chi connectivity index (χ4v) is 10.2. The number of ether oxygens (including phenoxy) is 4. The van der Waals surface area contributed by atoms with Gasteiger partial charge in [0.25, 0.3) is 0 Å². The smallest absolute Gasteiger partial charge is 0.339 e. The minimum Gasteiger partial charge on any atom is -0.482 e. The molecule has 328 valence electrons. The number of aliphatic hydroxyl groups excluding tert-OH is 1. The summed E-state index contributed by atoms with van der Waals surface area (Å²) < 4.78 is 31.5. The Kier molecular flexibility index (Phi) is 12.2. The molecule has 0 amide bonds. The largest absolute Gasteiger partial charge is 0.482 e. The summed E-state index contributed by atoms with van der Waals surface area (Å²) in [5, 5.41) is 11.2. The van der Waals surface area contributed by atoms with Crippen molar-refractivity contribution in [3.8, 4) is 17.6 Å². The van der Waals surface area contributed by atoms with Crippen molar-refractivity contribution in [2.24, 2.45) is 5.92 Å². The predicted molar refractivity (Wildman–Crippen MR) is 244 cm³/mol. The molecule has 1 N–H and O–H groups in total. The molecule has 3 aliphatic heterocycles. The zero-order valence-electron chi connectivity index (χ0n) is 36.9. The van der Waals surface area contributed by atoms with Gasteiger partial charge in [-0.15, -0.1) is 0 Å². The minimum absolute atomic E-state index is 0.0440. The van der Waals surface area contributed by atoms with Crippen LogP contribution in [0.3, 0.4) is 0 Å². The lowest BCUT2D eigenvalue weighted by Gasteiger charge is -2.45. The van der Waals surface area contributed by atoms with Gasteiger partial charge in [0.15, 0.2) is 17.8 Å². The van der Waals surface area contributed by atoms with Gasteiger partial charge in [-0.05, 0) is 103 Å². The predicted octanol–water partition coefficient (Wildman–Crippen LogP) is 9.48. The highest BCUT2D eigenvalue weighted by Gasteiger charge is 2.53. The van der Waals surface area contributed by atoms with Crippen molar-refractivity contribution in [1.82, 2.24) is 0 Å². The molecule has 1 aromatic heterocycles. The third-order valence-corrected chi connectivity index (χ3v) is 13.6. The number of carbonyl (C=O) groups is 2. The number of hydrogen-bond acceptors (Lipinski definition) is 9. The van der Waals surface area contributed by atoms with E-state index in [4.69, 9.17) is 23.4 Å². The number of aliphatic hydroxyl groups is 1. The molecule has 0 spiro atoms. The number of fused-ring (bicyclic) bond motifs is 9. The lowest BCUT2D eigenvalue weighted by molar-refractivity contribution is -0.190. The van der Waals surface area contributed by atoms with E-state index in [2.05, 4.69) is 90.7 Å². The Labute approximate surface area is 374 Å². The monoisotopic (exact) mass is 858 g/mol. The number of methoxy groups -OCH3 is 1. The van der Waals surface area contributed by atoms with Crippen molar-refractivity contribution in [2.45, 2.75) is 108 Å². The summed E-state index contributed by atoms with van der Waals surface area (Å²) >= 11 is 0. The highest BCUT2D eigenvalue weighted by molar-refractivity contribution is 5.90. The highest BCUT2D eigenvalue weighted by Crippen LogP contribution is 2.50. The first kappa shape index (κ1) is 43.1. The first-order chi connectivity index (χ1) is 31.0. The van der Waals surface area contributed by atoms with E-state index in [0.29, 0.717) is 48.0 Å². The summed E-state index contributed by atoms with van der Waals surface area (Å²) in [4.78, 5) is 43.3. The first-order valence-corrected chi connectivity index (χ1v) is 22.4. The standard InChI is InChI=1S/C55H54O9/c1-33(2)41-19-16-35-17-20-42-39(28-35)14-8-9-25-55(3)52(63-53(41)58)51(49-47(64-55)23-22-44-46(32-56)45(24-26-60-4)54(59)62-50(44)49)61-48(57)31-40-30-38(18-21-43(40)42)37-15-10-13-36(29-37)27-34-11-6-5-7-12-34/h5-7,10-13,15,17-18,20-23,28-29,38,40,43,51-52,56H,14,16,19,24-27,30-32H2,1-4H3/t38-,40+,43-,51-,52+,55-/m1/s1. The summed E-state index contributed by atoms with van der Waals surface area (Å²) in [6, 6.07) is 29.2. The maximum atomic E-state index is 15.0. The molecule has 64 heavy (non-hydrogen) atoms. The lowest BCUT2D eigenvalue weighted by Crippen LogP contribution is -2.54. The van der Waals surface area contributed by atoms with Gasteiger partial charge in [0.1, 0.15) is 11.3 Å². The molecule has 0 saturated carbocycles. The van der Waals surface area contributed by atoms with Gasteiger partial charge in [-0.1, -0.05) is 102 Å². The third-order valence-electron chi connectivity index (χ3n) is 13.6. The number of rotatable bonds is 7. The number of esters is 2. The topological polar surface area (TPSA) is 122 Å². The molecule has 4 aromatic carbocycles. The van der Waals surface area contributed by atoms with Crippen LogP contribution in [0.15, 0.2) is 117 Å². The molecule has 0 saturated heterocycles. The molecule has 9 heteroatoms. The average Bonchev–Trinajstić information content (AvgIpc) is 3.28. The van der Waals surface area contributed by atoms with E-state index in [1.54, 1.807) is 12.1 Å². The molecule has 4 aliphatic rings. The SMILES string of the molecule is COCCc1c(CO)c2ccc3c(c2oc1=O)[C@H]1OC(=O)C[C@@H]2C[C@H](c4cccc(Cc5ccccc5)c4)C=C[C@H]2c2ccc4cc2CC#CC[C@@](C)(O3)[C@H]1OC(=O)C(=C(C)C)CC4. The molecule has 9 rings (SSSR count). The van der Waals surface area contributed by atoms with Crippen molar-refractivity contribution in [3.63, 3.8) is 0 Å². The Morgan fingerprint density at radius 1 is 0.891 bits per heavy atom. The van der Waals surface area contributed by atoms with Crippen LogP contribution in [-0.2, 0) is 56.1 Å². The van der Waals surface area contributed by atoms with Crippen LogP contribution in [0.25, 0.3) is 11.0 Å². The highest BCUT2D eigenvalue weighted by atomic mass is 16.6. The fourth-order valence-electron chi connectivity index (χ4n) is 10.2. The van der Waals surface area contributed by atoms with Crippen LogP contribution in [0.4, 0.5) is 0 Å². The van der Waals surface area contributed by atoms with E-state index in [9.17, 15) is 19.5 Å². The van der Waals surface area contributed by atoms with Crippen molar-refractivity contribution < 1.29 is 38.1 Å². The Morgan fingerprint density at radius 2 is 1.72 bits per heavy atom. The Bertz CT molecular complexity index is 2800. The lowest BCUT2D eigenvalue weighted by atomic mass is 9.71. The Hall–Kier alpha value is -6.21. The second kappa shape index (κ2) is 18.1. The van der Waals surface area contributed by atoms with Crippen LogP contribution in [0.1, 0.15) is 114 Å². The molecule has 1 aliphatic carbocycles. The Morgan fingerprint density at radius 3 is 2.52 bits per heavy atom. The molecule has 9 nitrogen and oxygen atoms in total. The van der Waals surface area contributed by atoms with Crippen LogP contribution in [0, 0.1) is 17.8 Å². The van der Waals surface area contributed by atoms with Gasteiger partial charge in [0.05, 0.1) is 25.2 Å². The third kappa shape index (κ3) is 8.45. The summed E-state index contributed by atoms with van der Waals surface area (Å²) in [5.41, 5.74) is 7.34. The summed E-state index contributed by atoms with van der Waals surface area (Å²) in [6.07, 6.45) is 5.52. The van der Waals surface area contributed by atoms with Gasteiger partial charge in [-0.25, -0.2) is 9.59 Å². The summed E-state index contributed by atoms with van der Waals surface area (Å²) in [7, 11) is 1.54. The second-order valence-corrected chi connectivity index (χ2v) is 18.1. The molecule has 0 unspecified atom stereocenters. The van der Waals surface area contributed by atoms with E-state index >= 15 is 0 Å². The van der Waals surface area contributed by atoms with Crippen molar-refractivity contribution in [2.75, 3.05) is 13.7 Å². The molecular formula is C55H54O9. The molecule has 5 bridgehead atoms. The minimum atomic E-state index is -1.30. The number of benzene rings is 4. The van der Waals surface area contributed by atoms with Crippen molar-refractivity contribution in [1.29, 1.82) is 0 Å². The van der Waals surface area contributed by atoms with E-state index in [1.165, 1.54) is 23.8 Å². The van der Waals surface area contributed by atoms with E-state index in [-0.39, 0.29) is 60.3 Å². The van der Waals surface area contributed by atoms with Crippen LogP contribution in [0.2, 0.25) is 0 Å². The Balaban J connectivity index is 1.20. The van der Waals surface area contributed by atoms with Gasteiger partial charge in [0.2, 0.25) is 0 Å². The van der Waals surface area contributed by atoms with Gasteiger partial charge < -0.3 is 28.5 Å². The number of hydrogen-bond donors (Lipinski definition) is 1. The van der Waals surface area contributed by atoms with Gasteiger partial charge in [0, 0.05) is 54.7 Å². The van der Waals surface area contributed by atoms with Crippen LogP contribution in [-0.4, -0.2) is 42.5 Å². The van der Waals surface area contributed by atoms with E-state index < -0.39 is 42.0 Å². The number of carbonyl (C=O) groups excluding carboxylic acids is 2. The van der Waals surface area contributed by atoms with E-state index in [0.717, 1.165) is 28.7 Å². The van der Waals surface area contributed by atoms with Gasteiger partial charge in [-0.3, -0.25) is 4.79 Å². The number of allylic oxidation sites excluding steroid dienone is 3. The maximum Gasteiger partial charge on any atom is 0.339 e. The fraction of sp³-hybridized carbons (Fsp3) is 0.364. The molecule has 0 fully saturated rings. The maximum absolute atomic E-state index is 15.0. The first-order valence-electron chi connectivity index (χ1n) is 22.4. The summed E-state index contributed by atoms with van der Waals surface area (Å²) in [6.45, 7) is 5.40. The zero-order valence-corrected chi connectivity index (χ0v) is 36.9. The molecule has 5 aromatic rings. The molecule has 4 heterocycles.